The average Bonchev–Trinajstić information content (AvgIpc) is 3.06. The van der Waals surface area contributed by atoms with Gasteiger partial charge in [0.05, 0.1) is 18.4 Å². The van der Waals surface area contributed by atoms with E-state index in [0.29, 0.717) is 23.5 Å². The van der Waals surface area contributed by atoms with E-state index in [1.165, 1.54) is 12.8 Å². The number of carbonyl (C=O) groups excluding carboxylic acids is 2. The number of rotatable bonds is 4. The highest BCUT2D eigenvalue weighted by Gasteiger charge is 2.36. The van der Waals surface area contributed by atoms with E-state index in [-0.39, 0.29) is 0 Å². The normalized spacial score (nSPS) is 18.8. The molecule has 0 N–H and O–H groups in total. The standard InChI is InChI=1S/C15H18N2O3/c1-20-11-4-5-12-13(10-11)17(15(19)14(12)18)9-8-16-6-2-3-7-16/h4-5,10H,2-3,6-9H2,1H3. The van der Waals surface area contributed by atoms with Gasteiger partial charge in [-0.1, -0.05) is 0 Å². The minimum absolute atomic E-state index is 0.413. The molecule has 106 valence electrons. The molecular formula is C15H18N2O3. The van der Waals surface area contributed by atoms with Crippen LogP contribution < -0.4 is 9.64 Å². The number of anilines is 1. The largest absolute Gasteiger partial charge is 0.497 e. The molecule has 1 aromatic carbocycles. The van der Waals surface area contributed by atoms with Gasteiger partial charge in [-0.25, -0.2) is 0 Å². The second-order valence-electron chi connectivity index (χ2n) is 5.22. The van der Waals surface area contributed by atoms with Crippen LogP contribution in [0.4, 0.5) is 5.69 Å². The van der Waals surface area contributed by atoms with Gasteiger partial charge in [0, 0.05) is 19.2 Å². The van der Waals surface area contributed by atoms with Crippen LogP contribution in [-0.4, -0.2) is 49.9 Å². The lowest BCUT2D eigenvalue weighted by molar-refractivity contribution is -0.114. The summed E-state index contributed by atoms with van der Waals surface area (Å²) in [5.74, 6) is -0.172. The first kappa shape index (κ1) is 13.1. The van der Waals surface area contributed by atoms with E-state index in [0.717, 1.165) is 19.6 Å². The highest BCUT2D eigenvalue weighted by atomic mass is 16.5. The minimum Gasteiger partial charge on any atom is -0.497 e. The van der Waals surface area contributed by atoms with Crippen LogP contribution in [-0.2, 0) is 4.79 Å². The SMILES string of the molecule is COc1ccc2c(c1)N(CCN1CCCC1)C(=O)C2=O. The topological polar surface area (TPSA) is 49.9 Å². The lowest BCUT2D eigenvalue weighted by Crippen LogP contribution is -2.37. The van der Waals surface area contributed by atoms with Gasteiger partial charge in [-0.15, -0.1) is 0 Å². The number of hydrogen-bond acceptors (Lipinski definition) is 4. The second-order valence-corrected chi connectivity index (χ2v) is 5.22. The van der Waals surface area contributed by atoms with Gasteiger partial charge in [0.15, 0.2) is 0 Å². The fraction of sp³-hybridized carbons (Fsp3) is 0.467. The van der Waals surface area contributed by atoms with E-state index in [2.05, 4.69) is 4.90 Å². The summed E-state index contributed by atoms with van der Waals surface area (Å²) in [6.07, 6.45) is 2.44. The van der Waals surface area contributed by atoms with Gasteiger partial charge in [-0.3, -0.25) is 9.59 Å². The number of carbonyl (C=O) groups is 2. The number of nitrogens with zero attached hydrogens (tertiary/aromatic N) is 2. The molecule has 0 aromatic heterocycles. The molecule has 0 saturated carbocycles. The molecule has 0 spiro atoms. The summed E-state index contributed by atoms with van der Waals surface area (Å²) in [5.41, 5.74) is 1.16. The Kier molecular flexibility index (Phi) is 3.44. The highest BCUT2D eigenvalue weighted by molar-refractivity contribution is 6.52. The quantitative estimate of drug-likeness (QED) is 0.777. The predicted molar refractivity (Wildman–Crippen MR) is 75.4 cm³/mol. The van der Waals surface area contributed by atoms with Gasteiger partial charge in [0.1, 0.15) is 5.75 Å². The molecule has 0 bridgehead atoms. The first-order valence-electron chi connectivity index (χ1n) is 6.97. The molecule has 0 aliphatic carbocycles. The summed E-state index contributed by atoms with van der Waals surface area (Å²) in [6.45, 7) is 3.54. The van der Waals surface area contributed by atoms with Crippen LogP contribution in [0.5, 0.6) is 5.75 Å². The Morgan fingerprint density at radius 1 is 1.15 bits per heavy atom. The molecule has 0 unspecified atom stereocenters. The van der Waals surface area contributed by atoms with Crippen LogP contribution >= 0.6 is 0 Å². The lowest BCUT2D eigenvalue weighted by atomic mass is 10.1. The average molecular weight is 274 g/mol. The number of ether oxygens (including phenoxy) is 1. The summed E-state index contributed by atoms with van der Waals surface area (Å²) in [7, 11) is 1.58. The van der Waals surface area contributed by atoms with Gasteiger partial charge in [-0.2, -0.15) is 0 Å². The van der Waals surface area contributed by atoms with Gasteiger partial charge >= 0.3 is 0 Å². The van der Waals surface area contributed by atoms with E-state index >= 15 is 0 Å². The summed E-state index contributed by atoms with van der Waals surface area (Å²) in [5, 5.41) is 0. The number of methoxy groups -OCH3 is 1. The Labute approximate surface area is 118 Å². The third-order valence-electron chi connectivity index (χ3n) is 4.02. The van der Waals surface area contributed by atoms with Gasteiger partial charge in [0.2, 0.25) is 0 Å². The van der Waals surface area contributed by atoms with Crippen LogP contribution in [0.25, 0.3) is 0 Å². The van der Waals surface area contributed by atoms with Crippen molar-refractivity contribution in [2.24, 2.45) is 0 Å². The van der Waals surface area contributed by atoms with Crippen molar-refractivity contribution in [1.29, 1.82) is 0 Å². The number of benzene rings is 1. The van der Waals surface area contributed by atoms with Crippen LogP contribution in [0.15, 0.2) is 18.2 Å². The van der Waals surface area contributed by atoms with Gasteiger partial charge < -0.3 is 14.5 Å². The summed E-state index contributed by atoms with van der Waals surface area (Å²) >= 11 is 0. The number of fused-ring (bicyclic) bond motifs is 1. The Hall–Kier alpha value is -1.88. The Morgan fingerprint density at radius 3 is 2.60 bits per heavy atom. The molecule has 2 aliphatic rings. The molecular weight excluding hydrogens is 256 g/mol. The van der Waals surface area contributed by atoms with Crippen LogP contribution in [0.2, 0.25) is 0 Å². The molecule has 2 aliphatic heterocycles. The molecule has 3 rings (SSSR count). The third-order valence-corrected chi connectivity index (χ3v) is 4.02. The molecule has 0 atom stereocenters. The number of likely N-dealkylation sites (tertiary alicyclic amines) is 1. The van der Waals surface area contributed by atoms with Crippen LogP contribution in [0.1, 0.15) is 23.2 Å². The number of Topliss-reactive ketones (excluding diaryl/α,β-unsaturated/α-hetero) is 1. The molecule has 1 amide bonds. The second kappa shape index (κ2) is 5.25. The Morgan fingerprint density at radius 2 is 1.90 bits per heavy atom. The van der Waals surface area contributed by atoms with Crippen LogP contribution in [0, 0.1) is 0 Å². The van der Waals surface area contributed by atoms with Crippen molar-refractivity contribution in [2.45, 2.75) is 12.8 Å². The van der Waals surface area contributed by atoms with Crippen molar-refractivity contribution >= 4 is 17.4 Å². The van der Waals surface area contributed by atoms with Crippen molar-refractivity contribution in [3.05, 3.63) is 23.8 Å². The molecule has 0 radical (unpaired) electrons. The summed E-state index contributed by atoms with van der Waals surface area (Å²) < 4.78 is 5.18. The Balaban J connectivity index is 1.80. The van der Waals surface area contributed by atoms with Crippen molar-refractivity contribution in [1.82, 2.24) is 4.90 Å². The number of amides is 1. The molecule has 1 fully saturated rings. The zero-order valence-corrected chi connectivity index (χ0v) is 11.6. The van der Waals surface area contributed by atoms with Crippen molar-refractivity contribution in [3.8, 4) is 5.75 Å². The van der Waals surface area contributed by atoms with Crippen LogP contribution in [0.3, 0.4) is 0 Å². The zero-order chi connectivity index (χ0) is 14.1. The van der Waals surface area contributed by atoms with E-state index in [1.807, 2.05) is 0 Å². The first-order valence-corrected chi connectivity index (χ1v) is 6.97. The zero-order valence-electron chi connectivity index (χ0n) is 11.6. The van der Waals surface area contributed by atoms with E-state index in [1.54, 1.807) is 30.2 Å². The summed E-state index contributed by atoms with van der Waals surface area (Å²) in [4.78, 5) is 28.0. The minimum atomic E-state index is -0.424. The lowest BCUT2D eigenvalue weighted by Gasteiger charge is -2.21. The van der Waals surface area contributed by atoms with Crippen molar-refractivity contribution < 1.29 is 14.3 Å². The summed E-state index contributed by atoms with van der Waals surface area (Å²) in [6, 6.07) is 5.15. The number of ketones is 1. The van der Waals surface area contributed by atoms with E-state index < -0.39 is 11.7 Å². The fourth-order valence-corrected chi connectivity index (χ4v) is 2.87. The number of hydrogen-bond donors (Lipinski definition) is 0. The monoisotopic (exact) mass is 274 g/mol. The predicted octanol–water partition coefficient (Wildman–Crippen LogP) is 1.32. The van der Waals surface area contributed by atoms with Gasteiger partial charge in [0.25, 0.3) is 11.7 Å². The molecule has 2 heterocycles. The Bertz CT molecular complexity index is 550. The molecule has 1 aromatic rings. The molecule has 1 saturated heterocycles. The molecule has 5 heteroatoms. The maximum absolute atomic E-state index is 12.1. The molecule has 5 nitrogen and oxygen atoms in total. The van der Waals surface area contributed by atoms with E-state index in [4.69, 9.17) is 4.74 Å². The molecule has 20 heavy (non-hydrogen) atoms. The first-order chi connectivity index (χ1) is 9.70. The maximum Gasteiger partial charge on any atom is 0.299 e. The van der Waals surface area contributed by atoms with Crippen molar-refractivity contribution in [2.75, 3.05) is 38.2 Å². The van der Waals surface area contributed by atoms with E-state index in [9.17, 15) is 9.59 Å². The van der Waals surface area contributed by atoms with Gasteiger partial charge in [-0.05, 0) is 38.1 Å². The smallest absolute Gasteiger partial charge is 0.299 e. The highest BCUT2D eigenvalue weighted by Crippen LogP contribution is 2.32. The fourth-order valence-electron chi connectivity index (χ4n) is 2.87. The maximum atomic E-state index is 12.1. The third kappa shape index (κ3) is 2.18. The van der Waals surface area contributed by atoms with Crippen molar-refractivity contribution in [3.63, 3.8) is 0 Å².